The van der Waals surface area contributed by atoms with Crippen molar-refractivity contribution in [1.29, 1.82) is 0 Å². The second-order valence-corrected chi connectivity index (χ2v) is 11.6. The zero-order valence-electron chi connectivity index (χ0n) is 20.0. The summed E-state index contributed by atoms with van der Waals surface area (Å²) in [5, 5.41) is 19.3. The van der Waals surface area contributed by atoms with Crippen LogP contribution in [0, 0.1) is 17.8 Å². The zero-order valence-corrected chi connectivity index (χ0v) is 23.1. The van der Waals surface area contributed by atoms with Crippen molar-refractivity contribution in [1.82, 2.24) is 9.80 Å². The van der Waals surface area contributed by atoms with Gasteiger partial charge in [-0.1, -0.05) is 33.6 Å². The molecule has 6 atom stereocenters. The molecule has 38 heavy (non-hydrogen) atoms. The maximum Gasteiger partial charge on any atom is 0.305 e. The molecule has 0 spiro atoms. The number of imide groups is 2. The molecule has 4 aliphatic rings. The average molecular weight is 630 g/mol. The van der Waals surface area contributed by atoms with E-state index in [4.69, 9.17) is 33.0 Å². The molecule has 1 saturated carbocycles. The summed E-state index contributed by atoms with van der Waals surface area (Å²) in [4.78, 5) is 63.0. The van der Waals surface area contributed by atoms with Crippen LogP contribution in [0.1, 0.15) is 30.7 Å². The maximum absolute atomic E-state index is 13.7. The Labute approximate surface area is 235 Å². The minimum absolute atomic E-state index is 0.112. The summed E-state index contributed by atoms with van der Waals surface area (Å²) < 4.78 is 5.26. The van der Waals surface area contributed by atoms with E-state index in [2.05, 4.69) is 15.9 Å². The quantitative estimate of drug-likeness (QED) is 0.212. The second-order valence-electron chi connectivity index (χ2n) is 9.89. The Kier molecular flexibility index (Phi) is 6.55. The summed E-state index contributed by atoms with van der Waals surface area (Å²) in [6, 6.07) is 4.43. The van der Waals surface area contributed by atoms with Crippen molar-refractivity contribution in [2.75, 3.05) is 19.1 Å². The number of halogens is 3. The molecule has 202 valence electrons. The summed E-state index contributed by atoms with van der Waals surface area (Å²) in [5.41, 5.74) is 0.880. The first kappa shape index (κ1) is 27.0. The number of hydrogen-bond acceptors (Lipinski definition) is 7. The lowest BCUT2D eigenvalue weighted by Gasteiger charge is -2.50. The molecule has 13 heteroatoms. The number of ether oxygens (including phenoxy) is 1. The van der Waals surface area contributed by atoms with Crippen LogP contribution in [0.2, 0.25) is 0 Å². The summed E-state index contributed by atoms with van der Waals surface area (Å²) in [6.45, 7) is -0.263. The van der Waals surface area contributed by atoms with E-state index >= 15 is 0 Å². The largest absolute Gasteiger partial charge is 0.504 e. The molecule has 2 saturated heterocycles. The number of phenolic OH excluding ortho intramolecular Hbond substituents is 1. The van der Waals surface area contributed by atoms with E-state index in [9.17, 15) is 29.1 Å². The Morgan fingerprint density at radius 3 is 2.47 bits per heavy atom. The van der Waals surface area contributed by atoms with Gasteiger partial charge in [-0.25, -0.2) is 0 Å². The van der Waals surface area contributed by atoms with E-state index in [0.717, 1.165) is 9.80 Å². The van der Waals surface area contributed by atoms with Gasteiger partial charge in [0.25, 0.3) is 11.8 Å². The lowest BCUT2D eigenvalue weighted by atomic mass is 9.56. The number of benzene rings is 1. The van der Waals surface area contributed by atoms with Crippen molar-refractivity contribution in [2.45, 2.75) is 34.9 Å². The van der Waals surface area contributed by atoms with Gasteiger partial charge in [-0.05, 0) is 36.5 Å². The fourth-order valence-corrected chi connectivity index (χ4v) is 7.92. The van der Waals surface area contributed by atoms with Crippen LogP contribution in [-0.2, 0) is 24.0 Å². The van der Waals surface area contributed by atoms with Crippen molar-refractivity contribution < 1.29 is 38.9 Å². The smallest absolute Gasteiger partial charge is 0.305 e. The van der Waals surface area contributed by atoms with Gasteiger partial charge in [-0.3, -0.25) is 33.8 Å². The van der Waals surface area contributed by atoms with Crippen molar-refractivity contribution in [3.8, 4) is 11.5 Å². The van der Waals surface area contributed by atoms with Gasteiger partial charge in [0.05, 0.1) is 30.8 Å². The fraction of sp³-hybridized carbons (Fsp3) is 0.480. The molecular formula is C25H23BrCl2N2O8. The Hall–Kier alpha value is -2.63. The number of aromatic hydroxyl groups is 1. The van der Waals surface area contributed by atoms with Crippen LogP contribution in [-0.4, -0.2) is 78.5 Å². The third-order valence-electron chi connectivity index (χ3n) is 8.19. The number of carboxylic acid groups (broad SMARTS) is 1. The highest BCUT2D eigenvalue weighted by Gasteiger charge is 2.76. The van der Waals surface area contributed by atoms with Crippen LogP contribution in [0.15, 0.2) is 29.8 Å². The number of rotatable bonds is 6. The summed E-state index contributed by atoms with van der Waals surface area (Å²) in [5.74, 6) is -6.96. The Balaban J connectivity index is 1.67. The Morgan fingerprint density at radius 1 is 1.13 bits per heavy atom. The minimum Gasteiger partial charge on any atom is -0.504 e. The number of alkyl halides is 3. The Bertz CT molecular complexity index is 1320. The number of phenols is 1. The molecule has 3 fully saturated rings. The third-order valence-corrected chi connectivity index (χ3v) is 10.1. The maximum atomic E-state index is 13.7. The van der Waals surface area contributed by atoms with Crippen LogP contribution in [0.5, 0.6) is 11.5 Å². The number of methoxy groups -OCH3 is 1. The van der Waals surface area contributed by atoms with Crippen molar-refractivity contribution in [2.24, 2.45) is 17.8 Å². The first-order valence-electron chi connectivity index (χ1n) is 11.9. The fourth-order valence-electron chi connectivity index (χ4n) is 6.49. The molecule has 1 aromatic carbocycles. The lowest BCUT2D eigenvalue weighted by Crippen LogP contribution is -2.60. The molecule has 6 unspecified atom stereocenters. The molecule has 10 nitrogen and oxygen atoms in total. The number of carboxylic acids is 1. The van der Waals surface area contributed by atoms with Gasteiger partial charge in [-0.2, -0.15) is 0 Å². The molecule has 0 bridgehead atoms. The molecule has 2 heterocycles. The third kappa shape index (κ3) is 3.47. The van der Waals surface area contributed by atoms with Gasteiger partial charge >= 0.3 is 5.97 Å². The summed E-state index contributed by atoms with van der Waals surface area (Å²) in [6.07, 6.45) is 1.38. The van der Waals surface area contributed by atoms with Gasteiger partial charge in [-0.15, -0.1) is 23.2 Å². The van der Waals surface area contributed by atoms with Crippen LogP contribution in [0.3, 0.4) is 0 Å². The van der Waals surface area contributed by atoms with Gasteiger partial charge in [0, 0.05) is 12.5 Å². The van der Waals surface area contributed by atoms with Crippen LogP contribution in [0.4, 0.5) is 0 Å². The highest BCUT2D eigenvalue weighted by atomic mass is 79.9. The van der Waals surface area contributed by atoms with E-state index in [1.54, 1.807) is 12.1 Å². The number of amides is 4. The first-order valence-corrected chi connectivity index (χ1v) is 13.7. The molecule has 4 amide bonds. The summed E-state index contributed by atoms with van der Waals surface area (Å²) >= 11 is 17.4. The van der Waals surface area contributed by atoms with E-state index in [1.165, 1.54) is 19.2 Å². The molecule has 0 aromatic heterocycles. The number of allylic oxidation sites excluding steroid dienone is 2. The number of nitrogens with zero attached hydrogens (tertiary/aromatic N) is 2. The molecule has 1 aromatic rings. The average Bonchev–Trinajstić information content (AvgIpc) is 3.21. The molecule has 2 aliphatic heterocycles. The van der Waals surface area contributed by atoms with E-state index < -0.39 is 69.4 Å². The van der Waals surface area contributed by atoms with Crippen LogP contribution >= 0.6 is 39.1 Å². The van der Waals surface area contributed by atoms with E-state index in [0.29, 0.717) is 11.1 Å². The number of carbonyl (C=O) groups excluding carboxylic acids is 4. The normalized spacial score (nSPS) is 34.2. The predicted octanol–water partition coefficient (Wildman–Crippen LogP) is 2.59. The topological polar surface area (TPSA) is 142 Å². The molecule has 0 radical (unpaired) electrons. The zero-order chi connectivity index (χ0) is 27.7. The van der Waals surface area contributed by atoms with Gasteiger partial charge in [0.1, 0.15) is 0 Å². The minimum atomic E-state index is -1.97. The predicted molar refractivity (Wildman–Crippen MR) is 137 cm³/mol. The summed E-state index contributed by atoms with van der Waals surface area (Å²) in [7, 11) is 1.36. The van der Waals surface area contributed by atoms with E-state index in [1.807, 2.05) is 0 Å². The van der Waals surface area contributed by atoms with Gasteiger partial charge in [0.2, 0.25) is 11.8 Å². The van der Waals surface area contributed by atoms with Crippen molar-refractivity contribution in [3.63, 3.8) is 0 Å². The van der Waals surface area contributed by atoms with Gasteiger partial charge < -0.3 is 14.9 Å². The van der Waals surface area contributed by atoms with Crippen molar-refractivity contribution >= 4 is 68.7 Å². The Morgan fingerprint density at radius 2 is 1.84 bits per heavy atom. The number of hydrogen-bond donors (Lipinski definition) is 2. The second kappa shape index (κ2) is 9.24. The first-order chi connectivity index (χ1) is 17.9. The highest BCUT2D eigenvalue weighted by molar-refractivity contribution is 9.09. The molecule has 2 N–H and O–H groups in total. The standard InChI is InChI=1S/C25H23BrCl2N2O8/c1-38-16-8-11(2-5-15(16)31)19-12-3-4-13-18(21(35)29(20(13)34)7-6-17(32)33)14(12)9-24(27)22(36)30(10-26)23(37)25(19,24)28/h2-3,5,8,13-14,18-19,31H,4,6-7,9-10H2,1H3,(H,32,33). The van der Waals surface area contributed by atoms with Crippen LogP contribution < -0.4 is 4.74 Å². The van der Waals surface area contributed by atoms with Crippen molar-refractivity contribution in [3.05, 3.63) is 35.4 Å². The number of aliphatic carboxylic acids is 1. The highest BCUT2D eigenvalue weighted by Crippen LogP contribution is 2.65. The number of likely N-dealkylation sites (tertiary alicyclic amines) is 2. The molecular weight excluding hydrogens is 607 g/mol. The van der Waals surface area contributed by atoms with Gasteiger partial charge in [0.15, 0.2) is 21.2 Å². The molecule has 2 aliphatic carbocycles. The number of fused-ring (bicyclic) bond motifs is 4. The SMILES string of the molecule is COc1cc(C2C3=CCC4C(=O)N(CCC(=O)O)C(=O)C4C3CC3(Cl)C(=O)N(CBr)C(=O)C23Cl)ccc1O. The lowest BCUT2D eigenvalue weighted by molar-refractivity contribution is -0.143. The number of carbonyl (C=O) groups is 5. The molecule has 5 rings (SSSR count). The monoisotopic (exact) mass is 628 g/mol. The van der Waals surface area contributed by atoms with E-state index in [-0.39, 0.29) is 36.3 Å². The van der Waals surface area contributed by atoms with Crippen LogP contribution in [0.25, 0.3) is 0 Å².